The van der Waals surface area contributed by atoms with Crippen LogP contribution < -0.4 is 10.6 Å². The Labute approximate surface area is 231 Å². The molecule has 0 spiro atoms. The number of nitrogens with zero attached hydrogens (tertiary/aromatic N) is 5. The number of aliphatic hydroxyl groups is 1. The quantitative estimate of drug-likeness (QED) is 0.250. The fraction of sp³-hybridized carbons (Fsp3) is 0.233. The molecule has 0 saturated carbocycles. The molecule has 4 aromatic heterocycles. The monoisotopic (exact) mass is 537 g/mol. The molecular formula is C30H31N7O3. The van der Waals surface area contributed by atoms with Gasteiger partial charge in [-0.15, -0.1) is 0 Å². The van der Waals surface area contributed by atoms with E-state index >= 15 is 0 Å². The summed E-state index contributed by atoms with van der Waals surface area (Å²) in [5, 5.41) is 20.2. The topological polar surface area (TPSA) is 126 Å². The Bertz CT molecular complexity index is 1610. The van der Waals surface area contributed by atoms with Crippen molar-refractivity contribution in [3.8, 4) is 17.1 Å². The van der Waals surface area contributed by atoms with Gasteiger partial charge in [0.25, 0.3) is 11.8 Å². The van der Waals surface area contributed by atoms with Gasteiger partial charge in [-0.25, -0.2) is 9.67 Å². The third-order valence-electron chi connectivity index (χ3n) is 6.42. The number of carbonyl (C=O) groups is 2. The lowest BCUT2D eigenvalue weighted by Crippen LogP contribution is -2.39. The van der Waals surface area contributed by atoms with Gasteiger partial charge in [-0.3, -0.25) is 19.0 Å². The van der Waals surface area contributed by atoms with Gasteiger partial charge in [0.15, 0.2) is 5.65 Å². The van der Waals surface area contributed by atoms with Gasteiger partial charge < -0.3 is 15.7 Å². The molecule has 0 fully saturated rings. The lowest BCUT2D eigenvalue weighted by atomic mass is 10.0. The molecule has 4 heterocycles. The summed E-state index contributed by atoms with van der Waals surface area (Å²) in [6.07, 6.45) is 5.78. The highest BCUT2D eigenvalue weighted by molar-refractivity contribution is 6.04. The van der Waals surface area contributed by atoms with E-state index in [1.807, 2.05) is 62.5 Å². The number of imidazole rings is 1. The van der Waals surface area contributed by atoms with Gasteiger partial charge in [0.05, 0.1) is 41.8 Å². The highest BCUT2D eigenvalue weighted by atomic mass is 16.3. The Morgan fingerprint density at radius 3 is 2.48 bits per heavy atom. The summed E-state index contributed by atoms with van der Waals surface area (Å²) in [5.74, 6) is -0.474. The molecule has 1 atom stereocenters. The first-order valence-electron chi connectivity index (χ1n) is 13.2. The third-order valence-corrected chi connectivity index (χ3v) is 6.42. The second kappa shape index (κ2) is 11.9. The SMILES string of the molecule is CC(C)C[C@@H](CO)NC(=O)c1c(-c2ccccn2)nc2c(C(=O)NCc3ccn(-c4ccccc4)n3)cccn12. The van der Waals surface area contributed by atoms with E-state index in [2.05, 4.69) is 20.7 Å². The summed E-state index contributed by atoms with van der Waals surface area (Å²) >= 11 is 0. The van der Waals surface area contributed by atoms with Crippen molar-refractivity contribution in [2.45, 2.75) is 32.9 Å². The van der Waals surface area contributed by atoms with Crippen LogP contribution in [0.4, 0.5) is 0 Å². The number of hydrogen-bond acceptors (Lipinski definition) is 6. The number of rotatable bonds is 10. The zero-order chi connectivity index (χ0) is 28.1. The van der Waals surface area contributed by atoms with Gasteiger partial charge in [-0.1, -0.05) is 38.1 Å². The van der Waals surface area contributed by atoms with Crippen LogP contribution in [-0.2, 0) is 6.54 Å². The maximum absolute atomic E-state index is 13.6. The molecule has 0 aliphatic heterocycles. The third kappa shape index (κ3) is 5.76. The number of fused-ring (bicyclic) bond motifs is 1. The fourth-order valence-corrected chi connectivity index (χ4v) is 4.59. The van der Waals surface area contributed by atoms with Crippen molar-refractivity contribution in [3.05, 3.63) is 102 Å². The van der Waals surface area contributed by atoms with E-state index < -0.39 is 11.9 Å². The van der Waals surface area contributed by atoms with Gasteiger partial charge in [0.2, 0.25) is 0 Å². The Morgan fingerprint density at radius 2 is 1.75 bits per heavy atom. The van der Waals surface area contributed by atoms with Crippen LogP contribution in [0.25, 0.3) is 22.7 Å². The van der Waals surface area contributed by atoms with Crippen LogP contribution >= 0.6 is 0 Å². The van der Waals surface area contributed by atoms with Gasteiger partial charge in [-0.2, -0.15) is 5.10 Å². The predicted octanol–water partition coefficient (Wildman–Crippen LogP) is 3.65. The average molecular weight is 538 g/mol. The maximum Gasteiger partial charge on any atom is 0.270 e. The minimum atomic E-state index is -0.420. The lowest BCUT2D eigenvalue weighted by molar-refractivity contribution is 0.0901. The molecule has 0 radical (unpaired) electrons. The van der Waals surface area contributed by atoms with Gasteiger partial charge in [0.1, 0.15) is 11.4 Å². The number of carbonyl (C=O) groups excluding carboxylic acids is 2. The van der Waals surface area contributed by atoms with Crippen molar-refractivity contribution < 1.29 is 14.7 Å². The summed E-state index contributed by atoms with van der Waals surface area (Å²) < 4.78 is 3.35. The van der Waals surface area contributed by atoms with E-state index in [4.69, 9.17) is 4.98 Å². The highest BCUT2D eigenvalue weighted by Gasteiger charge is 2.26. The van der Waals surface area contributed by atoms with E-state index in [0.29, 0.717) is 34.7 Å². The number of benzene rings is 1. The number of para-hydroxylation sites is 1. The number of hydrogen-bond donors (Lipinski definition) is 3. The Hall–Kier alpha value is -4.83. The first-order valence-corrected chi connectivity index (χ1v) is 13.2. The molecule has 0 bridgehead atoms. The maximum atomic E-state index is 13.6. The van der Waals surface area contributed by atoms with Crippen LogP contribution in [0.3, 0.4) is 0 Å². The fourth-order valence-electron chi connectivity index (χ4n) is 4.59. The van der Waals surface area contributed by atoms with Crippen molar-refractivity contribution in [1.29, 1.82) is 0 Å². The van der Waals surface area contributed by atoms with Crippen LogP contribution in [0.5, 0.6) is 0 Å². The van der Waals surface area contributed by atoms with Crippen molar-refractivity contribution in [2.75, 3.05) is 6.61 Å². The number of nitrogens with one attached hydrogen (secondary N) is 2. The molecule has 0 saturated heterocycles. The second-order valence-corrected chi connectivity index (χ2v) is 9.89. The molecule has 3 N–H and O–H groups in total. The largest absolute Gasteiger partial charge is 0.394 e. The van der Waals surface area contributed by atoms with Crippen LogP contribution in [-0.4, -0.2) is 53.7 Å². The lowest BCUT2D eigenvalue weighted by Gasteiger charge is -2.18. The molecule has 10 heteroatoms. The highest BCUT2D eigenvalue weighted by Crippen LogP contribution is 2.25. The Kier molecular flexibility index (Phi) is 7.97. The molecule has 1 aromatic carbocycles. The molecular weight excluding hydrogens is 506 g/mol. The molecule has 204 valence electrons. The molecule has 0 aliphatic carbocycles. The number of aromatic nitrogens is 5. The molecule has 0 unspecified atom stereocenters. The van der Waals surface area contributed by atoms with E-state index in [0.717, 1.165) is 5.69 Å². The zero-order valence-corrected chi connectivity index (χ0v) is 22.4. The van der Waals surface area contributed by atoms with E-state index in [9.17, 15) is 14.7 Å². The van der Waals surface area contributed by atoms with Crippen molar-refractivity contribution in [1.82, 2.24) is 34.8 Å². The molecule has 0 aliphatic rings. The molecule has 5 rings (SSSR count). The second-order valence-electron chi connectivity index (χ2n) is 9.89. The van der Waals surface area contributed by atoms with Crippen LogP contribution in [0.1, 0.15) is 46.8 Å². The molecule has 2 amide bonds. The van der Waals surface area contributed by atoms with E-state index in [1.165, 1.54) is 0 Å². The van der Waals surface area contributed by atoms with Crippen molar-refractivity contribution >= 4 is 17.5 Å². The van der Waals surface area contributed by atoms with E-state index in [1.54, 1.807) is 45.7 Å². The summed E-state index contributed by atoms with van der Waals surface area (Å²) in [6.45, 7) is 4.08. The summed E-state index contributed by atoms with van der Waals surface area (Å²) in [5.41, 5.74) is 3.34. The van der Waals surface area contributed by atoms with Crippen LogP contribution in [0.15, 0.2) is 85.3 Å². The van der Waals surface area contributed by atoms with Crippen LogP contribution in [0.2, 0.25) is 0 Å². The molecule has 10 nitrogen and oxygen atoms in total. The van der Waals surface area contributed by atoms with Crippen molar-refractivity contribution in [2.24, 2.45) is 5.92 Å². The zero-order valence-electron chi connectivity index (χ0n) is 22.4. The van der Waals surface area contributed by atoms with E-state index in [-0.39, 0.29) is 30.7 Å². The number of amides is 2. The minimum absolute atomic E-state index is 0.187. The van der Waals surface area contributed by atoms with Gasteiger partial charge >= 0.3 is 0 Å². The number of pyridine rings is 2. The Morgan fingerprint density at radius 1 is 0.950 bits per heavy atom. The predicted molar refractivity (Wildman–Crippen MR) is 151 cm³/mol. The summed E-state index contributed by atoms with van der Waals surface area (Å²) in [6, 6.07) is 19.9. The minimum Gasteiger partial charge on any atom is -0.394 e. The smallest absolute Gasteiger partial charge is 0.270 e. The summed E-state index contributed by atoms with van der Waals surface area (Å²) in [7, 11) is 0. The number of aliphatic hydroxyl groups excluding tert-OH is 1. The normalized spacial score (nSPS) is 12.0. The average Bonchev–Trinajstić information content (AvgIpc) is 3.61. The van der Waals surface area contributed by atoms with Crippen molar-refractivity contribution in [3.63, 3.8) is 0 Å². The first-order chi connectivity index (χ1) is 19.4. The van der Waals surface area contributed by atoms with Gasteiger partial charge in [-0.05, 0) is 54.8 Å². The van der Waals surface area contributed by atoms with Gasteiger partial charge in [0, 0.05) is 18.6 Å². The summed E-state index contributed by atoms with van der Waals surface area (Å²) in [4.78, 5) is 36.0. The van der Waals surface area contributed by atoms with Crippen LogP contribution in [0, 0.1) is 5.92 Å². The standard InChI is InChI=1S/C30H31N7O3/c1-20(2)17-22(19-38)33-30(40)27-26(25-12-6-7-14-31-25)34-28-24(11-8-15-36(27)28)29(39)32-18-21-13-16-37(35-21)23-9-4-3-5-10-23/h3-16,20,22,38H,17-19H2,1-2H3,(H,32,39)(H,33,40)/t22-/m0/s1. The molecule has 40 heavy (non-hydrogen) atoms. The molecule has 5 aromatic rings. The Balaban J connectivity index is 1.45. The first kappa shape index (κ1) is 26.8.